The van der Waals surface area contributed by atoms with Gasteiger partial charge in [-0.1, -0.05) is 29.3 Å². The molecule has 194 valence electrons. The molecule has 0 radical (unpaired) electrons. The molecule has 0 aliphatic heterocycles. The lowest BCUT2D eigenvalue weighted by molar-refractivity contribution is -0.119. The smallest absolute Gasteiger partial charge is 0.414 e. The summed E-state index contributed by atoms with van der Waals surface area (Å²) >= 11 is 13.5. The van der Waals surface area contributed by atoms with Crippen LogP contribution in [0, 0.1) is 5.41 Å². The molecule has 8 nitrogen and oxygen atoms in total. The summed E-state index contributed by atoms with van der Waals surface area (Å²) in [6, 6.07) is 13.3. The van der Waals surface area contributed by atoms with Gasteiger partial charge in [0.25, 0.3) is 0 Å². The summed E-state index contributed by atoms with van der Waals surface area (Å²) in [6.07, 6.45) is -1.57. The highest BCUT2D eigenvalue weighted by Crippen LogP contribution is 2.37. The third-order valence-electron chi connectivity index (χ3n) is 5.26. The van der Waals surface area contributed by atoms with E-state index in [0.29, 0.717) is 42.2 Å². The van der Waals surface area contributed by atoms with Gasteiger partial charge in [0.2, 0.25) is 17.6 Å². The normalized spacial score (nSPS) is 11.1. The van der Waals surface area contributed by atoms with Gasteiger partial charge < -0.3 is 9.84 Å². The minimum Gasteiger partial charge on any atom is -0.497 e. The molecule has 3 N–H and O–H groups in total. The molecule has 1 aromatic heterocycles. The summed E-state index contributed by atoms with van der Waals surface area (Å²) < 4.78 is 5.15. The molecular formula is C26H25Cl2N3O5S. The molecule has 1 heterocycles. The van der Waals surface area contributed by atoms with Gasteiger partial charge in [0, 0.05) is 16.0 Å². The van der Waals surface area contributed by atoms with Crippen LogP contribution in [0.15, 0.2) is 48.5 Å². The van der Waals surface area contributed by atoms with E-state index in [0.717, 1.165) is 4.90 Å². The minimum absolute atomic E-state index is 0.206. The van der Waals surface area contributed by atoms with Crippen molar-refractivity contribution >= 4 is 58.3 Å². The highest BCUT2D eigenvalue weighted by molar-refractivity contribution is 7.17. The van der Waals surface area contributed by atoms with E-state index in [9.17, 15) is 19.5 Å². The van der Waals surface area contributed by atoms with E-state index < -0.39 is 23.5 Å². The Morgan fingerprint density at radius 1 is 1.05 bits per heavy atom. The van der Waals surface area contributed by atoms with Gasteiger partial charge in [-0.15, -0.1) is 11.3 Å². The summed E-state index contributed by atoms with van der Waals surface area (Å²) in [5.74, 6) is -0.795. The van der Waals surface area contributed by atoms with Gasteiger partial charge in [-0.2, -0.15) is 0 Å². The number of rotatable bonds is 6. The largest absolute Gasteiger partial charge is 0.497 e. The number of benzene rings is 2. The van der Waals surface area contributed by atoms with E-state index in [1.165, 1.54) is 18.4 Å². The lowest BCUT2D eigenvalue weighted by Crippen LogP contribution is -2.54. The monoisotopic (exact) mass is 561 g/mol. The Hall–Kier alpha value is -3.40. The van der Waals surface area contributed by atoms with E-state index in [-0.39, 0.29) is 12.2 Å². The Morgan fingerprint density at radius 3 is 2.24 bits per heavy atom. The fraction of sp³-hybridized carbons (Fsp3) is 0.231. The lowest BCUT2D eigenvalue weighted by atomic mass is 10.0. The van der Waals surface area contributed by atoms with Crippen LogP contribution in [-0.2, 0) is 11.2 Å². The summed E-state index contributed by atoms with van der Waals surface area (Å²) in [5.41, 5.74) is 0.681. The molecule has 0 bridgehead atoms. The van der Waals surface area contributed by atoms with Gasteiger partial charge in [0.05, 0.1) is 28.5 Å². The second-order valence-corrected chi connectivity index (χ2v) is 10.9. The zero-order chi connectivity index (χ0) is 27.5. The molecule has 0 saturated heterocycles. The molecule has 0 spiro atoms. The molecule has 2 aromatic carbocycles. The number of ketones is 1. The highest BCUT2D eigenvalue weighted by Gasteiger charge is 2.31. The number of nitrogens with zero attached hydrogens (tertiary/aromatic N) is 1. The molecule has 0 aliphatic carbocycles. The lowest BCUT2D eigenvalue weighted by Gasteiger charge is -2.32. The van der Waals surface area contributed by atoms with E-state index in [2.05, 4.69) is 5.32 Å². The number of carbonyl (C=O) groups excluding carboxylic acids is 2. The molecule has 0 saturated carbocycles. The highest BCUT2D eigenvalue weighted by atomic mass is 35.5. The summed E-state index contributed by atoms with van der Waals surface area (Å²) in [7, 11) is 1.54. The van der Waals surface area contributed by atoms with Crippen LogP contribution in [0.1, 0.15) is 41.6 Å². The molecule has 11 heteroatoms. The maximum Gasteiger partial charge on any atom is 0.414 e. The van der Waals surface area contributed by atoms with Crippen molar-refractivity contribution in [2.75, 3.05) is 7.11 Å². The molecular weight excluding hydrogens is 537 g/mol. The number of hydrogen-bond acceptors (Lipinski definition) is 6. The Labute approximate surface area is 228 Å². The first-order chi connectivity index (χ1) is 17.3. The van der Waals surface area contributed by atoms with Crippen molar-refractivity contribution in [1.29, 1.82) is 5.41 Å². The van der Waals surface area contributed by atoms with Gasteiger partial charge in [-0.3, -0.25) is 20.3 Å². The van der Waals surface area contributed by atoms with Crippen molar-refractivity contribution in [3.63, 3.8) is 0 Å². The molecule has 2 amide bonds. The molecule has 0 unspecified atom stereocenters. The van der Waals surface area contributed by atoms with Gasteiger partial charge in [-0.05, 0) is 74.4 Å². The topological polar surface area (TPSA) is 120 Å². The first-order valence-electron chi connectivity index (χ1n) is 11.0. The number of halogens is 2. The number of thiophene rings is 1. The maximum atomic E-state index is 13.2. The average Bonchev–Trinajstić information content (AvgIpc) is 3.22. The molecule has 0 aliphatic rings. The van der Waals surface area contributed by atoms with E-state index in [1.54, 1.807) is 69.3 Å². The van der Waals surface area contributed by atoms with Crippen molar-refractivity contribution < 1.29 is 24.2 Å². The minimum atomic E-state index is -1.36. The molecule has 0 atom stereocenters. The van der Waals surface area contributed by atoms with E-state index >= 15 is 0 Å². The van der Waals surface area contributed by atoms with E-state index in [4.69, 9.17) is 33.3 Å². The summed E-state index contributed by atoms with van der Waals surface area (Å²) in [5, 5.41) is 20.7. The van der Waals surface area contributed by atoms with E-state index in [1.807, 2.05) is 0 Å². The van der Waals surface area contributed by atoms with Crippen molar-refractivity contribution in [3.8, 4) is 16.2 Å². The van der Waals surface area contributed by atoms with Crippen LogP contribution in [0.25, 0.3) is 10.4 Å². The van der Waals surface area contributed by atoms with Crippen molar-refractivity contribution in [3.05, 3.63) is 74.6 Å². The maximum absolute atomic E-state index is 13.2. The Balaban J connectivity index is 1.95. The fourth-order valence-electron chi connectivity index (χ4n) is 3.56. The van der Waals surface area contributed by atoms with Crippen LogP contribution in [0.2, 0.25) is 10.0 Å². The molecule has 3 aromatic rings. The van der Waals surface area contributed by atoms with Crippen LogP contribution >= 0.6 is 34.5 Å². The van der Waals surface area contributed by atoms with Crippen LogP contribution in [0.5, 0.6) is 5.75 Å². The Kier molecular flexibility index (Phi) is 8.63. The number of ether oxygens (including phenoxy) is 1. The number of guanidine groups is 1. The number of amides is 2. The Bertz CT molecular complexity index is 1360. The zero-order valence-corrected chi connectivity index (χ0v) is 22.8. The van der Waals surface area contributed by atoms with Crippen LogP contribution in [0.3, 0.4) is 0 Å². The van der Waals surface area contributed by atoms with Crippen LogP contribution in [-0.4, -0.2) is 46.4 Å². The number of carboxylic acid groups (broad SMARTS) is 1. The SMILES string of the molecule is COc1ccc(C(=O)c2cc(CC(=O)NC(=N)N(C(=O)O)C(C)(C)C)c(-c3ccc(Cl)c(Cl)c3)s2)cc1. The standard InChI is InChI=1S/C26H25Cl2N3O5S/c1-26(2,3)31(25(34)35)24(29)30-21(32)13-16-12-20(22(33)14-5-8-17(36-4)9-6-14)37-23(16)15-7-10-18(27)19(28)11-15/h5-12H,13H2,1-4H3,(H,34,35)(H2,29,30,32). The predicted molar refractivity (Wildman–Crippen MR) is 145 cm³/mol. The number of methoxy groups -OCH3 is 1. The third-order valence-corrected chi connectivity index (χ3v) is 7.23. The third kappa shape index (κ3) is 6.68. The van der Waals surface area contributed by atoms with Gasteiger partial charge in [-0.25, -0.2) is 9.69 Å². The zero-order valence-electron chi connectivity index (χ0n) is 20.5. The number of hydrogen-bond donors (Lipinski definition) is 3. The first kappa shape index (κ1) is 28.2. The van der Waals surface area contributed by atoms with Crippen molar-refractivity contribution in [2.45, 2.75) is 32.7 Å². The van der Waals surface area contributed by atoms with Crippen molar-refractivity contribution in [1.82, 2.24) is 10.2 Å². The van der Waals surface area contributed by atoms with Crippen LogP contribution in [0.4, 0.5) is 4.79 Å². The molecule has 3 rings (SSSR count). The average molecular weight is 562 g/mol. The van der Waals surface area contributed by atoms with Gasteiger partial charge >= 0.3 is 6.09 Å². The molecule has 37 heavy (non-hydrogen) atoms. The quantitative estimate of drug-likeness (QED) is 0.184. The first-order valence-corrected chi connectivity index (χ1v) is 12.6. The summed E-state index contributed by atoms with van der Waals surface area (Å²) in [6.45, 7) is 4.83. The summed E-state index contributed by atoms with van der Waals surface area (Å²) in [4.78, 5) is 39.5. The Morgan fingerprint density at radius 2 is 1.70 bits per heavy atom. The number of nitrogens with one attached hydrogen (secondary N) is 2. The second-order valence-electron chi connectivity index (χ2n) is 9.01. The van der Waals surface area contributed by atoms with Crippen molar-refractivity contribution in [2.24, 2.45) is 0 Å². The second kappa shape index (κ2) is 11.3. The van der Waals surface area contributed by atoms with Crippen LogP contribution < -0.4 is 10.1 Å². The van der Waals surface area contributed by atoms with Gasteiger partial charge in [0.1, 0.15) is 5.75 Å². The molecule has 0 fully saturated rings. The predicted octanol–water partition coefficient (Wildman–Crippen LogP) is 6.33. The number of carbonyl (C=O) groups is 3. The fourth-order valence-corrected chi connectivity index (χ4v) is 5.00. The van der Waals surface area contributed by atoms with Gasteiger partial charge in [0.15, 0.2) is 0 Å².